The molecule has 2 aromatic rings. The quantitative estimate of drug-likeness (QED) is 0.334. The Morgan fingerprint density at radius 3 is 2.67 bits per heavy atom. The van der Waals surface area contributed by atoms with Gasteiger partial charge in [-0.25, -0.2) is 5.84 Å². The van der Waals surface area contributed by atoms with Gasteiger partial charge in [-0.2, -0.15) is 0 Å². The number of pyridine rings is 1. The van der Waals surface area contributed by atoms with Gasteiger partial charge in [0.15, 0.2) is 6.04 Å². The van der Waals surface area contributed by atoms with E-state index in [0.717, 1.165) is 5.56 Å². The Morgan fingerprint density at radius 1 is 1.21 bits per heavy atom. The fourth-order valence-corrected chi connectivity index (χ4v) is 2.86. The lowest BCUT2D eigenvalue weighted by molar-refractivity contribution is -0.125. The Balaban J connectivity index is 2.08. The molecule has 0 aliphatic carbocycles. The average Bonchev–Trinajstić information content (AvgIpc) is 2.64. The van der Waals surface area contributed by atoms with E-state index in [2.05, 4.69) is 10.4 Å². The summed E-state index contributed by atoms with van der Waals surface area (Å²) >= 11 is 0. The molecule has 24 heavy (non-hydrogen) atoms. The van der Waals surface area contributed by atoms with Gasteiger partial charge in [0.05, 0.1) is 11.4 Å². The summed E-state index contributed by atoms with van der Waals surface area (Å²) in [5.41, 5.74) is 3.89. The number of anilines is 1. The van der Waals surface area contributed by atoms with Crippen LogP contribution < -0.4 is 16.2 Å². The molecule has 1 aromatic heterocycles. The van der Waals surface area contributed by atoms with Crippen LogP contribution in [0.1, 0.15) is 17.7 Å². The van der Waals surface area contributed by atoms with E-state index in [4.69, 9.17) is 11.3 Å². The lowest BCUT2D eigenvalue weighted by Gasteiger charge is -2.35. The first kappa shape index (κ1) is 15.8. The maximum atomic E-state index is 12.5. The number of nitrogens with zero attached hydrogens (tertiary/aromatic N) is 2. The standard InChI is InChI=1S/C17H17N5O2/c18-15(12-6-3-4-10-20-12)16(17(24)21-19)22-13-7-2-1-5-11(13)8-9-14(22)23/h1-7,10,16,18H,8-9,19H2,(H,21,24). The molecule has 0 radical (unpaired) electrons. The lowest BCUT2D eigenvalue weighted by atomic mass is 9.96. The molecule has 3 rings (SSSR count). The maximum Gasteiger partial charge on any atom is 0.263 e. The van der Waals surface area contributed by atoms with Gasteiger partial charge >= 0.3 is 0 Å². The fraction of sp³-hybridized carbons (Fsp3) is 0.176. The number of carbonyl (C=O) groups is 2. The van der Waals surface area contributed by atoms with E-state index in [0.29, 0.717) is 17.8 Å². The highest BCUT2D eigenvalue weighted by Gasteiger charge is 2.38. The van der Waals surface area contributed by atoms with E-state index in [1.807, 2.05) is 12.1 Å². The van der Waals surface area contributed by atoms with Gasteiger partial charge in [0.2, 0.25) is 5.91 Å². The van der Waals surface area contributed by atoms with Gasteiger partial charge in [-0.3, -0.25) is 24.9 Å². The van der Waals surface area contributed by atoms with Crippen molar-refractivity contribution >= 4 is 23.2 Å². The van der Waals surface area contributed by atoms with Crippen LogP contribution in [-0.2, 0) is 16.0 Å². The molecule has 0 bridgehead atoms. The van der Waals surface area contributed by atoms with E-state index in [1.54, 1.807) is 30.3 Å². The van der Waals surface area contributed by atoms with E-state index >= 15 is 0 Å². The Hall–Kier alpha value is -3.06. The molecule has 1 unspecified atom stereocenters. The minimum Gasteiger partial charge on any atom is -0.300 e. The zero-order chi connectivity index (χ0) is 17.1. The summed E-state index contributed by atoms with van der Waals surface area (Å²) in [4.78, 5) is 30.4. The molecule has 2 heterocycles. The highest BCUT2D eigenvalue weighted by molar-refractivity contribution is 6.20. The van der Waals surface area contributed by atoms with Gasteiger partial charge < -0.3 is 5.41 Å². The summed E-state index contributed by atoms with van der Waals surface area (Å²) in [6, 6.07) is 11.3. The highest BCUT2D eigenvalue weighted by Crippen LogP contribution is 2.30. The first-order valence-electron chi connectivity index (χ1n) is 7.53. The van der Waals surface area contributed by atoms with Crippen LogP contribution >= 0.6 is 0 Å². The number of rotatable bonds is 4. The van der Waals surface area contributed by atoms with Crippen LogP contribution in [0, 0.1) is 5.41 Å². The average molecular weight is 323 g/mol. The molecule has 2 amide bonds. The third-order valence-electron chi connectivity index (χ3n) is 3.99. The summed E-state index contributed by atoms with van der Waals surface area (Å²) in [5.74, 6) is 4.46. The molecule has 7 heteroatoms. The number of hydrazine groups is 1. The number of aromatic nitrogens is 1. The smallest absolute Gasteiger partial charge is 0.263 e. The van der Waals surface area contributed by atoms with E-state index < -0.39 is 11.9 Å². The molecule has 1 atom stereocenters. The summed E-state index contributed by atoms with van der Waals surface area (Å²) in [5, 5.41) is 8.42. The number of benzene rings is 1. The van der Waals surface area contributed by atoms with Gasteiger partial charge in [0.1, 0.15) is 0 Å². The van der Waals surface area contributed by atoms with Crippen molar-refractivity contribution in [3.05, 3.63) is 59.9 Å². The third kappa shape index (κ3) is 2.77. The topological polar surface area (TPSA) is 112 Å². The van der Waals surface area contributed by atoms with E-state index in [-0.39, 0.29) is 18.0 Å². The number of nitrogens with two attached hydrogens (primary N) is 1. The summed E-state index contributed by atoms with van der Waals surface area (Å²) in [6.07, 6.45) is 2.42. The first-order chi connectivity index (χ1) is 11.6. The number of hydrogen-bond donors (Lipinski definition) is 3. The predicted octanol–water partition coefficient (Wildman–Crippen LogP) is 0.787. The van der Waals surface area contributed by atoms with Crippen LogP contribution in [0.3, 0.4) is 0 Å². The zero-order valence-corrected chi connectivity index (χ0v) is 12.9. The lowest BCUT2D eigenvalue weighted by Crippen LogP contribution is -2.57. The van der Waals surface area contributed by atoms with Crippen molar-refractivity contribution in [2.45, 2.75) is 18.9 Å². The Bertz CT molecular complexity index is 791. The number of fused-ring (bicyclic) bond motifs is 1. The minimum atomic E-state index is -1.17. The maximum absolute atomic E-state index is 12.5. The monoisotopic (exact) mass is 323 g/mol. The number of amides is 2. The second kappa shape index (κ2) is 6.59. The highest BCUT2D eigenvalue weighted by atomic mass is 16.2. The number of hydrogen-bond acceptors (Lipinski definition) is 5. The van der Waals surface area contributed by atoms with Crippen molar-refractivity contribution in [2.24, 2.45) is 5.84 Å². The van der Waals surface area contributed by atoms with Gasteiger partial charge in [0.25, 0.3) is 5.91 Å². The van der Waals surface area contributed by atoms with Crippen molar-refractivity contribution in [1.82, 2.24) is 10.4 Å². The van der Waals surface area contributed by atoms with E-state index in [9.17, 15) is 9.59 Å². The first-order valence-corrected chi connectivity index (χ1v) is 7.53. The van der Waals surface area contributed by atoms with Gasteiger partial charge in [0, 0.05) is 18.3 Å². The van der Waals surface area contributed by atoms with Crippen molar-refractivity contribution in [3.8, 4) is 0 Å². The fourth-order valence-electron chi connectivity index (χ4n) is 2.86. The SMILES string of the molecule is N=C(c1ccccn1)C(C(=O)NN)N1C(=O)CCc2ccccc21. The number of carbonyl (C=O) groups excluding carboxylic acids is 2. The molecular weight excluding hydrogens is 306 g/mol. The molecule has 1 aromatic carbocycles. The molecule has 0 fully saturated rings. The van der Waals surface area contributed by atoms with Crippen molar-refractivity contribution < 1.29 is 9.59 Å². The molecule has 1 aliphatic heterocycles. The van der Waals surface area contributed by atoms with Crippen LogP contribution in [0.15, 0.2) is 48.7 Å². The van der Waals surface area contributed by atoms with Crippen LogP contribution in [0.2, 0.25) is 0 Å². The number of para-hydroxylation sites is 1. The molecule has 7 nitrogen and oxygen atoms in total. The van der Waals surface area contributed by atoms with Gasteiger partial charge in [-0.05, 0) is 30.2 Å². The number of nitrogens with one attached hydrogen (secondary N) is 2. The minimum absolute atomic E-state index is 0.0800. The second-order valence-electron chi connectivity index (χ2n) is 5.43. The molecule has 0 spiro atoms. The van der Waals surface area contributed by atoms with Crippen LogP contribution in [-0.4, -0.2) is 28.6 Å². The zero-order valence-electron chi connectivity index (χ0n) is 12.9. The third-order valence-corrected chi connectivity index (χ3v) is 3.99. The Kier molecular flexibility index (Phi) is 4.35. The van der Waals surface area contributed by atoms with E-state index in [1.165, 1.54) is 11.1 Å². The number of aryl methyl sites for hydroxylation is 1. The summed E-state index contributed by atoms with van der Waals surface area (Å²) in [7, 11) is 0. The van der Waals surface area contributed by atoms with Crippen molar-refractivity contribution in [3.63, 3.8) is 0 Å². The van der Waals surface area contributed by atoms with Crippen LogP contribution in [0.25, 0.3) is 0 Å². The molecular formula is C17H17N5O2. The Morgan fingerprint density at radius 2 is 1.96 bits per heavy atom. The Labute approximate surface area is 139 Å². The summed E-state index contributed by atoms with van der Waals surface area (Å²) in [6.45, 7) is 0. The largest absolute Gasteiger partial charge is 0.300 e. The normalized spacial score (nSPS) is 14.7. The van der Waals surface area contributed by atoms with Crippen molar-refractivity contribution in [2.75, 3.05) is 4.90 Å². The van der Waals surface area contributed by atoms with Crippen LogP contribution in [0.5, 0.6) is 0 Å². The summed E-state index contributed by atoms with van der Waals surface area (Å²) < 4.78 is 0. The second-order valence-corrected chi connectivity index (χ2v) is 5.43. The van der Waals surface area contributed by atoms with Gasteiger partial charge in [-0.15, -0.1) is 0 Å². The van der Waals surface area contributed by atoms with Gasteiger partial charge in [-0.1, -0.05) is 24.3 Å². The molecule has 4 N–H and O–H groups in total. The van der Waals surface area contributed by atoms with Crippen LogP contribution in [0.4, 0.5) is 5.69 Å². The predicted molar refractivity (Wildman–Crippen MR) is 89.4 cm³/mol. The molecule has 122 valence electrons. The van der Waals surface area contributed by atoms with Crippen molar-refractivity contribution in [1.29, 1.82) is 5.41 Å². The molecule has 1 aliphatic rings. The molecule has 0 saturated heterocycles. The molecule has 0 saturated carbocycles.